The number of fused-ring (bicyclic) bond motifs is 1. The Labute approximate surface area is 169 Å². The fourth-order valence-electron chi connectivity index (χ4n) is 2.77. The normalized spacial score (nSPS) is 11.2. The Morgan fingerprint density at radius 1 is 1.00 bits per heavy atom. The molecule has 1 aromatic heterocycles. The van der Waals surface area contributed by atoms with E-state index < -0.39 is 0 Å². The first-order valence-electron chi connectivity index (χ1n) is 8.76. The van der Waals surface area contributed by atoms with Crippen LogP contribution in [0.25, 0.3) is 22.3 Å². The third-order valence-electron chi connectivity index (χ3n) is 4.20. The van der Waals surface area contributed by atoms with Gasteiger partial charge in [-0.25, -0.2) is 0 Å². The highest BCUT2D eigenvalue weighted by Crippen LogP contribution is 2.31. The van der Waals surface area contributed by atoms with Crippen molar-refractivity contribution in [3.8, 4) is 28.6 Å². The molecular formula is C21H24ClNO5. The highest BCUT2D eigenvalue weighted by molar-refractivity contribution is 5.80. The monoisotopic (exact) mass is 405 g/mol. The smallest absolute Gasteiger partial charge is 0.193 e. The van der Waals surface area contributed by atoms with E-state index in [-0.39, 0.29) is 29.3 Å². The summed E-state index contributed by atoms with van der Waals surface area (Å²) >= 11 is 0. The molecule has 0 aliphatic rings. The minimum atomic E-state index is -0.274. The minimum absolute atomic E-state index is 0. The Morgan fingerprint density at radius 3 is 2.43 bits per heavy atom. The van der Waals surface area contributed by atoms with Crippen LogP contribution in [0.2, 0.25) is 0 Å². The Morgan fingerprint density at radius 2 is 1.75 bits per heavy atom. The van der Waals surface area contributed by atoms with Gasteiger partial charge in [0.15, 0.2) is 16.9 Å². The lowest BCUT2D eigenvalue weighted by Crippen LogP contribution is -3.00. The quantitative estimate of drug-likeness (QED) is 0.351. The SMILES string of the molecule is C[N+](C)(C)CCCOc1ccc2c(=O)cc(-c3ccc(O)c(O)c3)oc2c1.[Cl-]. The molecule has 0 amide bonds. The van der Waals surface area contributed by atoms with Crippen LogP contribution in [0.4, 0.5) is 0 Å². The van der Waals surface area contributed by atoms with Crippen molar-refractivity contribution in [3.05, 3.63) is 52.7 Å². The first kappa shape index (κ1) is 21.6. The molecule has 0 saturated heterocycles. The van der Waals surface area contributed by atoms with Gasteiger partial charge in [0.25, 0.3) is 0 Å². The molecule has 6 nitrogen and oxygen atoms in total. The zero-order chi connectivity index (χ0) is 19.6. The third-order valence-corrected chi connectivity index (χ3v) is 4.20. The fourth-order valence-corrected chi connectivity index (χ4v) is 2.77. The average molecular weight is 406 g/mol. The summed E-state index contributed by atoms with van der Waals surface area (Å²) in [5.74, 6) is 0.443. The van der Waals surface area contributed by atoms with E-state index in [2.05, 4.69) is 21.1 Å². The molecule has 0 aliphatic carbocycles. The Bertz CT molecular complexity index is 1020. The zero-order valence-electron chi connectivity index (χ0n) is 16.1. The molecule has 3 aromatic rings. The first-order valence-corrected chi connectivity index (χ1v) is 8.76. The molecule has 0 bridgehead atoms. The topological polar surface area (TPSA) is 79.9 Å². The second-order valence-corrected chi connectivity index (χ2v) is 7.55. The summed E-state index contributed by atoms with van der Waals surface area (Å²) in [4.78, 5) is 12.4. The number of aromatic hydroxyl groups is 2. The molecule has 0 atom stereocenters. The molecule has 0 aliphatic heterocycles. The predicted molar refractivity (Wildman–Crippen MR) is 104 cm³/mol. The van der Waals surface area contributed by atoms with E-state index in [0.29, 0.717) is 34.6 Å². The maximum Gasteiger partial charge on any atom is 0.193 e. The summed E-state index contributed by atoms with van der Waals surface area (Å²) in [6, 6.07) is 10.8. The maximum absolute atomic E-state index is 12.4. The Hall–Kier alpha value is -2.70. The van der Waals surface area contributed by atoms with Gasteiger partial charge in [0, 0.05) is 24.1 Å². The molecule has 0 radical (unpaired) electrons. The summed E-state index contributed by atoms with van der Waals surface area (Å²) in [7, 11) is 6.40. The van der Waals surface area contributed by atoms with E-state index in [4.69, 9.17) is 9.15 Å². The van der Waals surface area contributed by atoms with Crippen molar-refractivity contribution < 1.29 is 36.3 Å². The highest BCUT2D eigenvalue weighted by Gasteiger charge is 2.11. The first-order chi connectivity index (χ1) is 12.7. The molecule has 3 rings (SSSR count). The van der Waals surface area contributed by atoms with Crippen molar-refractivity contribution in [2.24, 2.45) is 0 Å². The molecule has 0 saturated carbocycles. The van der Waals surface area contributed by atoms with Gasteiger partial charge >= 0.3 is 0 Å². The maximum atomic E-state index is 12.4. The van der Waals surface area contributed by atoms with Gasteiger partial charge in [0.1, 0.15) is 17.1 Å². The molecular weight excluding hydrogens is 382 g/mol. The summed E-state index contributed by atoms with van der Waals surface area (Å²) < 4.78 is 12.5. The minimum Gasteiger partial charge on any atom is -1.00 e. The van der Waals surface area contributed by atoms with Crippen molar-refractivity contribution in [2.45, 2.75) is 6.42 Å². The summed E-state index contributed by atoms with van der Waals surface area (Å²) in [5, 5.41) is 19.6. The molecule has 28 heavy (non-hydrogen) atoms. The van der Waals surface area contributed by atoms with Crippen LogP contribution in [0.15, 0.2) is 51.7 Å². The van der Waals surface area contributed by atoms with Gasteiger partial charge in [-0.1, -0.05) is 0 Å². The molecule has 2 aromatic carbocycles. The molecule has 7 heteroatoms. The molecule has 0 unspecified atom stereocenters. The number of phenols is 2. The number of quaternary nitrogens is 1. The van der Waals surface area contributed by atoms with Crippen LogP contribution in [-0.4, -0.2) is 49.0 Å². The van der Waals surface area contributed by atoms with Crippen LogP contribution in [0.1, 0.15) is 6.42 Å². The van der Waals surface area contributed by atoms with Crippen molar-refractivity contribution in [1.29, 1.82) is 0 Å². The number of benzene rings is 2. The largest absolute Gasteiger partial charge is 1.00 e. The van der Waals surface area contributed by atoms with Crippen LogP contribution in [0.3, 0.4) is 0 Å². The van der Waals surface area contributed by atoms with Crippen molar-refractivity contribution in [1.82, 2.24) is 0 Å². The number of phenolic OH excluding ortho intramolecular Hbond substituents is 2. The molecule has 1 heterocycles. The van der Waals surface area contributed by atoms with Gasteiger partial charge in [-0.2, -0.15) is 0 Å². The van der Waals surface area contributed by atoms with Crippen molar-refractivity contribution in [2.75, 3.05) is 34.3 Å². The van der Waals surface area contributed by atoms with E-state index in [1.807, 2.05) is 0 Å². The highest BCUT2D eigenvalue weighted by atomic mass is 35.5. The number of ether oxygens (including phenoxy) is 1. The molecule has 2 N–H and O–H groups in total. The number of nitrogens with zero attached hydrogens (tertiary/aromatic N) is 1. The second kappa shape index (κ2) is 8.54. The van der Waals surface area contributed by atoms with Crippen LogP contribution < -0.4 is 22.6 Å². The van der Waals surface area contributed by atoms with E-state index in [1.54, 1.807) is 24.3 Å². The van der Waals surface area contributed by atoms with Crippen molar-refractivity contribution in [3.63, 3.8) is 0 Å². The summed E-state index contributed by atoms with van der Waals surface area (Å²) in [6.45, 7) is 1.58. The van der Waals surface area contributed by atoms with Gasteiger partial charge < -0.3 is 36.3 Å². The van der Waals surface area contributed by atoms with Gasteiger partial charge in [0.2, 0.25) is 0 Å². The lowest BCUT2D eigenvalue weighted by molar-refractivity contribution is -0.870. The number of halogens is 1. The van der Waals surface area contributed by atoms with Crippen molar-refractivity contribution >= 4 is 11.0 Å². The Kier molecular flexibility index (Phi) is 6.59. The second-order valence-electron chi connectivity index (χ2n) is 7.55. The summed E-state index contributed by atoms with van der Waals surface area (Å²) in [6.07, 6.45) is 0.915. The van der Waals surface area contributed by atoms with Gasteiger partial charge in [-0.3, -0.25) is 4.79 Å². The van der Waals surface area contributed by atoms with Gasteiger partial charge in [0.05, 0.1) is 39.7 Å². The average Bonchev–Trinajstić information content (AvgIpc) is 2.60. The van der Waals surface area contributed by atoms with Gasteiger partial charge in [-0.05, 0) is 30.3 Å². The van der Waals surface area contributed by atoms with E-state index in [9.17, 15) is 15.0 Å². The molecule has 150 valence electrons. The Balaban J connectivity index is 0.00000280. The predicted octanol–water partition coefficient (Wildman–Crippen LogP) is 0.350. The lowest BCUT2D eigenvalue weighted by atomic mass is 10.1. The fraction of sp³-hybridized carbons (Fsp3) is 0.286. The van der Waals surface area contributed by atoms with Crippen LogP contribution in [0, 0.1) is 0 Å². The zero-order valence-corrected chi connectivity index (χ0v) is 16.9. The van der Waals surface area contributed by atoms with Crippen LogP contribution in [0.5, 0.6) is 17.2 Å². The third kappa shape index (κ3) is 5.18. The molecule has 0 spiro atoms. The van der Waals surface area contributed by atoms with E-state index in [1.165, 1.54) is 18.2 Å². The lowest BCUT2D eigenvalue weighted by Gasteiger charge is -2.23. The van der Waals surface area contributed by atoms with Crippen LogP contribution >= 0.6 is 0 Å². The van der Waals surface area contributed by atoms with E-state index >= 15 is 0 Å². The van der Waals surface area contributed by atoms with Crippen LogP contribution in [-0.2, 0) is 0 Å². The van der Waals surface area contributed by atoms with Gasteiger partial charge in [-0.15, -0.1) is 0 Å². The standard InChI is InChI=1S/C21H23NO5.ClH/c1-22(2,3)9-4-10-26-15-6-7-16-18(24)13-20(27-21(16)12-15)14-5-8-17(23)19(25)11-14;/h5-8,11-13H,4,9-10H2,1-3H3,(H-,23,24,25);1H. The number of hydrogen-bond acceptors (Lipinski definition) is 5. The molecule has 0 fully saturated rings. The number of hydrogen-bond donors (Lipinski definition) is 2. The van der Waals surface area contributed by atoms with E-state index in [0.717, 1.165) is 17.4 Å². The number of rotatable bonds is 6. The summed E-state index contributed by atoms with van der Waals surface area (Å²) in [5.41, 5.74) is 0.725.